The second-order valence-corrected chi connectivity index (χ2v) is 2.13. The Kier molecular flexibility index (Phi) is 2.25. The molecule has 0 unspecified atom stereocenters. The Bertz CT molecular complexity index is 253. The van der Waals surface area contributed by atoms with Crippen molar-refractivity contribution in [3.8, 4) is 0 Å². The van der Waals surface area contributed by atoms with E-state index in [1.807, 2.05) is 0 Å². The molecule has 0 aliphatic rings. The maximum atomic E-state index is 12.1. The van der Waals surface area contributed by atoms with Crippen LogP contribution in [0.3, 0.4) is 0 Å². The van der Waals surface area contributed by atoms with Crippen molar-refractivity contribution < 1.29 is 13.2 Å². The Hall–Kier alpha value is -1.20. The number of nitrogens with one attached hydrogen (secondary N) is 1. The van der Waals surface area contributed by atoms with Gasteiger partial charge in [-0.2, -0.15) is 13.2 Å². The standard InChI is InChI=1S/C6H8F3N3/c1-2-11-12-4-3-10-5(12)6(7,8)9/h3-4,11H,2H2,1H3. The van der Waals surface area contributed by atoms with Crippen LogP contribution in [0.2, 0.25) is 0 Å². The highest BCUT2D eigenvalue weighted by Gasteiger charge is 2.36. The first-order chi connectivity index (χ1) is 5.55. The Morgan fingerprint density at radius 2 is 2.25 bits per heavy atom. The molecule has 1 heterocycles. The molecule has 0 spiro atoms. The molecule has 0 saturated heterocycles. The topological polar surface area (TPSA) is 29.9 Å². The Morgan fingerprint density at radius 1 is 1.58 bits per heavy atom. The summed E-state index contributed by atoms with van der Waals surface area (Å²) in [5.41, 5.74) is 2.50. The molecule has 68 valence electrons. The van der Waals surface area contributed by atoms with E-state index in [-0.39, 0.29) is 0 Å². The predicted molar refractivity (Wildman–Crippen MR) is 37.1 cm³/mol. The minimum absolute atomic E-state index is 0.416. The van der Waals surface area contributed by atoms with Gasteiger partial charge in [-0.05, 0) is 6.92 Å². The molecule has 0 aliphatic heterocycles. The van der Waals surface area contributed by atoms with E-state index in [0.717, 1.165) is 10.9 Å². The van der Waals surface area contributed by atoms with Gasteiger partial charge in [-0.1, -0.05) is 0 Å². The van der Waals surface area contributed by atoms with Gasteiger partial charge in [0.15, 0.2) is 0 Å². The molecule has 0 atom stereocenters. The molecule has 0 amide bonds. The maximum absolute atomic E-state index is 12.1. The van der Waals surface area contributed by atoms with Crippen LogP contribution in [-0.4, -0.2) is 16.2 Å². The third-order valence-electron chi connectivity index (χ3n) is 1.22. The van der Waals surface area contributed by atoms with Crippen molar-refractivity contribution in [1.29, 1.82) is 0 Å². The van der Waals surface area contributed by atoms with Crippen molar-refractivity contribution >= 4 is 0 Å². The summed E-state index contributed by atoms with van der Waals surface area (Å²) in [6.45, 7) is 2.12. The van der Waals surface area contributed by atoms with Crippen LogP contribution in [0.5, 0.6) is 0 Å². The monoisotopic (exact) mass is 179 g/mol. The minimum atomic E-state index is -4.40. The van der Waals surface area contributed by atoms with E-state index in [9.17, 15) is 13.2 Å². The lowest BCUT2D eigenvalue weighted by Crippen LogP contribution is -2.22. The van der Waals surface area contributed by atoms with Crippen molar-refractivity contribution in [3.05, 3.63) is 18.2 Å². The van der Waals surface area contributed by atoms with Crippen LogP contribution >= 0.6 is 0 Å². The van der Waals surface area contributed by atoms with Crippen molar-refractivity contribution in [2.75, 3.05) is 12.0 Å². The summed E-state index contributed by atoms with van der Waals surface area (Å²) in [5, 5.41) is 0. The molecule has 3 nitrogen and oxygen atoms in total. The maximum Gasteiger partial charge on any atom is 0.451 e. The first-order valence-corrected chi connectivity index (χ1v) is 3.40. The van der Waals surface area contributed by atoms with E-state index in [4.69, 9.17) is 0 Å². The Balaban J connectivity index is 2.91. The zero-order valence-corrected chi connectivity index (χ0v) is 6.39. The van der Waals surface area contributed by atoms with E-state index in [1.165, 1.54) is 6.20 Å². The van der Waals surface area contributed by atoms with Crippen molar-refractivity contribution in [3.63, 3.8) is 0 Å². The average molecular weight is 179 g/mol. The highest BCUT2D eigenvalue weighted by Crippen LogP contribution is 2.26. The fourth-order valence-corrected chi connectivity index (χ4v) is 0.811. The molecular formula is C6H8F3N3. The Labute approximate surface area is 67.2 Å². The number of halogens is 3. The normalized spacial score (nSPS) is 11.7. The molecule has 1 N–H and O–H groups in total. The van der Waals surface area contributed by atoms with Crippen LogP contribution < -0.4 is 5.43 Å². The highest BCUT2D eigenvalue weighted by atomic mass is 19.4. The van der Waals surface area contributed by atoms with Gasteiger partial charge in [-0.25, -0.2) is 9.66 Å². The van der Waals surface area contributed by atoms with Gasteiger partial charge in [0.2, 0.25) is 5.82 Å². The lowest BCUT2D eigenvalue weighted by Gasteiger charge is -2.10. The van der Waals surface area contributed by atoms with Crippen molar-refractivity contribution in [2.45, 2.75) is 13.1 Å². The smallest absolute Gasteiger partial charge is 0.325 e. The van der Waals surface area contributed by atoms with Crippen LogP contribution in [0.4, 0.5) is 13.2 Å². The summed E-state index contributed by atoms with van der Waals surface area (Å²) >= 11 is 0. The zero-order chi connectivity index (χ0) is 9.19. The molecule has 12 heavy (non-hydrogen) atoms. The van der Waals surface area contributed by atoms with Gasteiger partial charge in [0.05, 0.1) is 0 Å². The molecule has 0 aromatic carbocycles. The fraction of sp³-hybridized carbons (Fsp3) is 0.500. The van der Waals surface area contributed by atoms with Gasteiger partial charge < -0.3 is 5.43 Å². The van der Waals surface area contributed by atoms with Crippen LogP contribution in [0.15, 0.2) is 12.4 Å². The number of hydrogen-bond donors (Lipinski definition) is 1. The molecule has 6 heteroatoms. The van der Waals surface area contributed by atoms with E-state index < -0.39 is 12.0 Å². The predicted octanol–water partition coefficient (Wildman–Crippen LogP) is 1.47. The minimum Gasteiger partial charge on any atom is -0.325 e. The number of hydrogen-bond acceptors (Lipinski definition) is 2. The van der Waals surface area contributed by atoms with Gasteiger partial charge in [0, 0.05) is 18.9 Å². The van der Waals surface area contributed by atoms with Crippen LogP contribution in [-0.2, 0) is 6.18 Å². The highest BCUT2D eigenvalue weighted by molar-refractivity contribution is 4.99. The average Bonchev–Trinajstić information content (AvgIpc) is 2.34. The molecule has 0 saturated carbocycles. The van der Waals surface area contributed by atoms with E-state index >= 15 is 0 Å². The summed E-state index contributed by atoms with van der Waals surface area (Å²) in [7, 11) is 0. The van der Waals surface area contributed by atoms with Gasteiger partial charge >= 0.3 is 6.18 Å². The second-order valence-electron chi connectivity index (χ2n) is 2.13. The third kappa shape index (κ3) is 1.69. The first-order valence-electron chi connectivity index (χ1n) is 3.40. The van der Waals surface area contributed by atoms with E-state index in [0.29, 0.717) is 6.54 Å². The molecule has 1 aromatic rings. The summed E-state index contributed by atoms with van der Waals surface area (Å²) in [6.07, 6.45) is -2.07. The SMILES string of the molecule is CCNn1ccnc1C(F)(F)F. The number of aromatic nitrogens is 2. The molecule has 0 fully saturated rings. The van der Waals surface area contributed by atoms with Crippen LogP contribution in [0, 0.1) is 0 Å². The fourth-order valence-electron chi connectivity index (χ4n) is 0.811. The van der Waals surface area contributed by atoms with Gasteiger partial charge in [0.25, 0.3) is 0 Å². The van der Waals surface area contributed by atoms with E-state index in [2.05, 4.69) is 10.4 Å². The van der Waals surface area contributed by atoms with Crippen LogP contribution in [0.1, 0.15) is 12.7 Å². The van der Waals surface area contributed by atoms with Crippen molar-refractivity contribution in [1.82, 2.24) is 9.66 Å². The lowest BCUT2D eigenvalue weighted by molar-refractivity contribution is -0.146. The number of rotatable bonds is 2. The second kappa shape index (κ2) is 3.04. The van der Waals surface area contributed by atoms with Gasteiger partial charge in [0.1, 0.15) is 0 Å². The van der Waals surface area contributed by atoms with Gasteiger partial charge in [-0.15, -0.1) is 0 Å². The number of imidazole rings is 1. The van der Waals surface area contributed by atoms with E-state index in [1.54, 1.807) is 6.92 Å². The quantitative estimate of drug-likeness (QED) is 0.744. The lowest BCUT2D eigenvalue weighted by atomic mass is 10.6. The summed E-state index contributed by atoms with van der Waals surface area (Å²) in [6, 6.07) is 0. The largest absolute Gasteiger partial charge is 0.451 e. The molecule has 0 aliphatic carbocycles. The molecule has 0 radical (unpaired) electrons. The van der Waals surface area contributed by atoms with Crippen molar-refractivity contribution in [2.24, 2.45) is 0 Å². The first kappa shape index (κ1) is 8.89. The summed E-state index contributed by atoms with van der Waals surface area (Å²) < 4.78 is 37.1. The van der Waals surface area contributed by atoms with Gasteiger partial charge in [-0.3, -0.25) is 0 Å². The number of nitrogens with zero attached hydrogens (tertiary/aromatic N) is 2. The van der Waals surface area contributed by atoms with Crippen LogP contribution in [0.25, 0.3) is 0 Å². The number of alkyl halides is 3. The summed E-state index contributed by atoms with van der Waals surface area (Å²) in [5.74, 6) is -0.927. The molecule has 1 aromatic heterocycles. The molecule has 0 bridgehead atoms. The third-order valence-corrected chi connectivity index (χ3v) is 1.22. The molecular weight excluding hydrogens is 171 g/mol. The zero-order valence-electron chi connectivity index (χ0n) is 6.39. The summed E-state index contributed by atoms with van der Waals surface area (Å²) in [4.78, 5) is 3.18. The molecule has 1 rings (SSSR count). The Morgan fingerprint density at radius 3 is 2.75 bits per heavy atom.